The van der Waals surface area contributed by atoms with Crippen LogP contribution in [0.15, 0.2) is 12.4 Å². The second-order valence-electron chi connectivity index (χ2n) is 2.24. The van der Waals surface area contributed by atoms with Crippen molar-refractivity contribution in [3.05, 3.63) is 18.0 Å². The van der Waals surface area contributed by atoms with Crippen molar-refractivity contribution in [1.29, 1.82) is 0 Å². The van der Waals surface area contributed by atoms with E-state index in [0.29, 0.717) is 12.3 Å². The Bertz CT molecular complexity index is 255. The SMILES string of the molecule is COCn1cc(C(C)=O)cn1. The standard InChI is InChI=1S/C7H10N2O2/c1-6(10)7-3-8-9(4-7)5-11-2/h3-4H,5H2,1-2H3. The van der Waals surface area contributed by atoms with Gasteiger partial charge in [-0.2, -0.15) is 5.10 Å². The Morgan fingerprint density at radius 2 is 2.55 bits per heavy atom. The van der Waals surface area contributed by atoms with E-state index in [1.807, 2.05) is 0 Å². The maximum absolute atomic E-state index is 10.8. The van der Waals surface area contributed by atoms with Gasteiger partial charge in [0.15, 0.2) is 5.78 Å². The molecule has 11 heavy (non-hydrogen) atoms. The van der Waals surface area contributed by atoms with E-state index in [4.69, 9.17) is 4.74 Å². The molecule has 0 saturated heterocycles. The Labute approximate surface area is 64.8 Å². The maximum Gasteiger partial charge on any atom is 0.162 e. The molecule has 4 nitrogen and oxygen atoms in total. The molecule has 0 spiro atoms. The fourth-order valence-corrected chi connectivity index (χ4v) is 0.748. The zero-order chi connectivity index (χ0) is 8.27. The molecule has 0 aliphatic heterocycles. The van der Waals surface area contributed by atoms with E-state index in [1.165, 1.54) is 13.1 Å². The van der Waals surface area contributed by atoms with Gasteiger partial charge in [0.1, 0.15) is 6.73 Å². The summed E-state index contributed by atoms with van der Waals surface area (Å²) in [6.45, 7) is 1.89. The van der Waals surface area contributed by atoms with E-state index in [1.54, 1.807) is 18.0 Å². The van der Waals surface area contributed by atoms with Crippen LogP contribution < -0.4 is 0 Å². The molecular weight excluding hydrogens is 144 g/mol. The lowest BCUT2D eigenvalue weighted by Crippen LogP contribution is -1.99. The van der Waals surface area contributed by atoms with Gasteiger partial charge in [0.25, 0.3) is 0 Å². The minimum absolute atomic E-state index is 0.0207. The molecule has 0 aromatic carbocycles. The molecule has 1 aromatic rings. The van der Waals surface area contributed by atoms with Crippen molar-refractivity contribution in [1.82, 2.24) is 9.78 Å². The molecule has 0 radical (unpaired) electrons. The summed E-state index contributed by atoms with van der Waals surface area (Å²) < 4.78 is 6.38. The van der Waals surface area contributed by atoms with Gasteiger partial charge in [-0.05, 0) is 6.92 Å². The Balaban J connectivity index is 2.73. The molecular formula is C7H10N2O2. The third-order valence-corrected chi connectivity index (χ3v) is 1.30. The number of rotatable bonds is 3. The fourth-order valence-electron chi connectivity index (χ4n) is 0.748. The van der Waals surface area contributed by atoms with Crippen molar-refractivity contribution in [2.24, 2.45) is 0 Å². The van der Waals surface area contributed by atoms with Crippen molar-refractivity contribution >= 4 is 5.78 Å². The van der Waals surface area contributed by atoms with Gasteiger partial charge < -0.3 is 4.74 Å². The van der Waals surface area contributed by atoms with Crippen LogP contribution in [0.25, 0.3) is 0 Å². The van der Waals surface area contributed by atoms with Crippen LogP contribution >= 0.6 is 0 Å². The number of hydrogen-bond acceptors (Lipinski definition) is 3. The van der Waals surface area contributed by atoms with Crippen molar-refractivity contribution in [3.63, 3.8) is 0 Å². The lowest BCUT2D eigenvalue weighted by molar-refractivity contribution is 0.101. The summed E-state index contributed by atoms with van der Waals surface area (Å²) in [6.07, 6.45) is 3.19. The number of aromatic nitrogens is 2. The highest BCUT2D eigenvalue weighted by atomic mass is 16.5. The van der Waals surface area contributed by atoms with Crippen molar-refractivity contribution < 1.29 is 9.53 Å². The van der Waals surface area contributed by atoms with Gasteiger partial charge >= 0.3 is 0 Å². The van der Waals surface area contributed by atoms with Gasteiger partial charge in [-0.3, -0.25) is 4.79 Å². The topological polar surface area (TPSA) is 44.1 Å². The number of carbonyl (C=O) groups is 1. The molecule has 0 atom stereocenters. The molecule has 0 N–H and O–H groups in total. The summed E-state index contributed by atoms with van der Waals surface area (Å²) >= 11 is 0. The van der Waals surface area contributed by atoms with Crippen LogP contribution in [-0.2, 0) is 11.5 Å². The quantitative estimate of drug-likeness (QED) is 0.601. The Hall–Kier alpha value is -1.16. The van der Waals surface area contributed by atoms with Crippen LogP contribution in [0.5, 0.6) is 0 Å². The first-order valence-electron chi connectivity index (χ1n) is 3.26. The molecule has 0 amide bonds. The highest BCUT2D eigenvalue weighted by molar-refractivity contribution is 5.93. The second-order valence-corrected chi connectivity index (χ2v) is 2.24. The van der Waals surface area contributed by atoms with E-state index in [2.05, 4.69) is 5.10 Å². The molecule has 60 valence electrons. The van der Waals surface area contributed by atoms with Crippen LogP contribution in [0.4, 0.5) is 0 Å². The lowest BCUT2D eigenvalue weighted by atomic mass is 10.3. The van der Waals surface area contributed by atoms with Crippen LogP contribution in [-0.4, -0.2) is 22.7 Å². The van der Waals surface area contributed by atoms with E-state index >= 15 is 0 Å². The maximum atomic E-state index is 10.8. The first kappa shape index (κ1) is 7.94. The minimum Gasteiger partial charge on any atom is -0.362 e. The van der Waals surface area contributed by atoms with Crippen LogP contribution in [0, 0.1) is 0 Å². The number of carbonyl (C=O) groups excluding carboxylic acids is 1. The number of hydrogen-bond donors (Lipinski definition) is 0. The smallest absolute Gasteiger partial charge is 0.162 e. The third kappa shape index (κ3) is 1.88. The molecule has 1 rings (SSSR count). The van der Waals surface area contributed by atoms with E-state index in [9.17, 15) is 4.79 Å². The van der Waals surface area contributed by atoms with E-state index < -0.39 is 0 Å². The summed E-state index contributed by atoms with van der Waals surface area (Å²) in [5.74, 6) is 0.0207. The number of nitrogens with zero attached hydrogens (tertiary/aromatic N) is 2. The first-order valence-corrected chi connectivity index (χ1v) is 3.26. The summed E-state index contributed by atoms with van der Waals surface area (Å²) in [5.41, 5.74) is 0.613. The van der Waals surface area contributed by atoms with Crippen molar-refractivity contribution in [2.45, 2.75) is 13.7 Å². The van der Waals surface area contributed by atoms with E-state index in [-0.39, 0.29) is 5.78 Å². The third-order valence-electron chi connectivity index (χ3n) is 1.30. The van der Waals surface area contributed by atoms with Crippen LogP contribution in [0.3, 0.4) is 0 Å². The monoisotopic (exact) mass is 154 g/mol. The van der Waals surface area contributed by atoms with Gasteiger partial charge in [0, 0.05) is 13.3 Å². The van der Waals surface area contributed by atoms with Crippen molar-refractivity contribution in [3.8, 4) is 0 Å². The van der Waals surface area contributed by atoms with Crippen LogP contribution in [0.2, 0.25) is 0 Å². The van der Waals surface area contributed by atoms with Gasteiger partial charge in [0.05, 0.1) is 11.8 Å². The van der Waals surface area contributed by atoms with Gasteiger partial charge in [-0.1, -0.05) is 0 Å². The summed E-state index contributed by atoms with van der Waals surface area (Å²) in [7, 11) is 1.58. The van der Waals surface area contributed by atoms with Gasteiger partial charge in [-0.25, -0.2) is 4.68 Å². The van der Waals surface area contributed by atoms with Crippen LogP contribution in [0.1, 0.15) is 17.3 Å². The fraction of sp³-hybridized carbons (Fsp3) is 0.429. The van der Waals surface area contributed by atoms with Gasteiger partial charge in [0.2, 0.25) is 0 Å². The molecule has 0 saturated carbocycles. The molecule has 0 unspecified atom stereocenters. The Morgan fingerprint density at radius 1 is 1.82 bits per heavy atom. The molecule has 0 aliphatic carbocycles. The Morgan fingerprint density at radius 3 is 3.00 bits per heavy atom. The summed E-state index contributed by atoms with van der Waals surface area (Å²) in [4.78, 5) is 10.8. The largest absolute Gasteiger partial charge is 0.362 e. The number of ketones is 1. The number of Topliss-reactive ketones (excluding diaryl/α,β-unsaturated/α-hetero) is 1. The molecule has 0 bridgehead atoms. The minimum atomic E-state index is 0.0207. The van der Waals surface area contributed by atoms with E-state index in [0.717, 1.165) is 0 Å². The average Bonchev–Trinajstić information content (AvgIpc) is 2.37. The summed E-state index contributed by atoms with van der Waals surface area (Å²) in [6, 6.07) is 0. The van der Waals surface area contributed by atoms with Crippen molar-refractivity contribution in [2.75, 3.05) is 7.11 Å². The summed E-state index contributed by atoms with van der Waals surface area (Å²) in [5, 5.41) is 3.90. The predicted octanol–water partition coefficient (Wildman–Crippen LogP) is 0.690. The molecule has 1 heterocycles. The molecule has 0 aliphatic rings. The highest BCUT2D eigenvalue weighted by Gasteiger charge is 2.01. The lowest BCUT2D eigenvalue weighted by Gasteiger charge is -1.95. The molecule has 0 fully saturated rings. The van der Waals surface area contributed by atoms with Gasteiger partial charge in [-0.15, -0.1) is 0 Å². The molecule has 4 heteroatoms. The number of methoxy groups -OCH3 is 1. The second kappa shape index (κ2) is 3.30. The zero-order valence-electron chi connectivity index (χ0n) is 6.57. The highest BCUT2D eigenvalue weighted by Crippen LogP contribution is 1.97. The Kier molecular flexibility index (Phi) is 2.38. The number of ether oxygens (including phenoxy) is 1. The molecule has 1 aromatic heterocycles. The normalized spacial score (nSPS) is 10.0. The predicted molar refractivity (Wildman–Crippen MR) is 39.2 cm³/mol. The first-order chi connectivity index (χ1) is 5.24. The zero-order valence-corrected chi connectivity index (χ0v) is 6.57. The average molecular weight is 154 g/mol.